The van der Waals surface area contributed by atoms with E-state index in [9.17, 15) is 10.5 Å². The third-order valence-corrected chi connectivity index (χ3v) is 10.6. The summed E-state index contributed by atoms with van der Waals surface area (Å²) in [6.07, 6.45) is 12.1. The number of anilines is 2. The summed E-state index contributed by atoms with van der Waals surface area (Å²) in [6, 6.07) is 33.7. The Labute approximate surface area is 292 Å². The number of thiophene rings is 1. The lowest BCUT2D eigenvalue weighted by Crippen LogP contribution is -2.46. The lowest BCUT2D eigenvalue weighted by Gasteiger charge is -2.44. The zero-order valence-electron chi connectivity index (χ0n) is 28.2. The molecule has 240 valence electrons. The topological polar surface area (TPSA) is 63.3 Å². The molecule has 7 rings (SSSR count). The molecule has 0 amide bonds. The van der Waals surface area contributed by atoms with Gasteiger partial charge in [0.1, 0.15) is 35.1 Å². The van der Waals surface area contributed by atoms with Crippen molar-refractivity contribution >= 4 is 40.1 Å². The minimum absolute atomic E-state index is 0.0506. The van der Waals surface area contributed by atoms with Crippen molar-refractivity contribution in [3.05, 3.63) is 170 Å². The summed E-state index contributed by atoms with van der Waals surface area (Å²) in [4.78, 5) is 7.20. The number of fused-ring (bicyclic) bond motifs is 3. The molecule has 0 saturated heterocycles. The fourth-order valence-electron chi connectivity index (χ4n) is 6.96. The number of hydrogen-bond acceptors (Lipinski definition) is 6. The quantitative estimate of drug-likeness (QED) is 0.193. The van der Waals surface area contributed by atoms with Gasteiger partial charge in [0.2, 0.25) is 0 Å². The van der Waals surface area contributed by atoms with Gasteiger partial charge in [0.15, 0.2) is 0 Å². The van der Waals surface area contributed by atoms with Gasteiger partial charge in [-0.2, -0.15) is 10.5 Å². The molecule has 0 N–H and O–H groups in total. The summed E-state index contributed by atoms with van der Waals surface area (Å²) < 4.78 is 6.26. The number of aryl methyl sites for hydroxylation is 2. The molecule has 1 unspecified atom stereocenters. The Morgan fingerprint density at radius 2 is 1.49 bits per heavy atom. The molecule has 3 aliphatic rings. The summed E-state index contributed by atoms with van der Waals surface area (Å²) >= 11 is 1.78. The second kappa shape index (κ2) is 12.7. The van der Waals surface area contributed by atoms with Crippen LogP contribution in [0.3, 0.4) is 0 Å². The van der Waals surface area contributed by atoms with E-state index in [1.807, 2.05) is 48.5 Å². The molecule has 6 heteroatoms. The van der Waals surface area contributed by atoms with Gasteiger partial charge < -0.3 is 9.64 Å². The molecule has 49 heavy (non-hydrogen) atoms. The lowest BCUT2D eigenvalue weighted by atomic mass is 9.81. The van der Waals surface area contributed by atoms with Crippen LogP contribution in [0, 0.1) is 36.5 Å². The van der Waals surface area contributed by atoms with Gasteiger partial charge in [0, 0.05) is 44.7 Å². The molecule has 3 heterocycles. The van der Waals surface area contributed by atoms with E-state index >= 15 is 0 Å². The van der Waals surface area contributed by atoms with Gasteiger partial charge in [-0.15, -0.1) is 11.3 Å². The van der Waals surface area contributed by atoms with Gasteiger partial charge in [-0.3, -0.25) is 4.90 Å². The summed E-state index contributed by atoms with van der Waals surface area (Å²) in [5.41, 5.74) is 8.68. The van der Waals surface area contributed by atoms with E-state index in [4.69, 9.17) is 4.74 Å². The van der Waals surface area contributed by atoms with Crippen LogP contribution >= 0.6 is 11.3 Å². The molecular weight excluding hydrogens is 621 g/mol. The first kappa shape index (κ1) is 31.8. The van der Waals surface area contributed by atoms with Crippen molar-refractivity contribution in [3.63, 3.8) is 0 Å². The van der Waals surface area contributed by atoms with Crippen LogP contribution in [-0.4, -0.2) is 18.0 Å². The molecule has 0 spiro atoms. The van der Waals surface area contributed by atoms with Crippen LogP contribution in [0.15, 0.2) is 138 Å². The average Bonchev–Trinajstić information content (AvgIpc) is 3.64. The van der Waals surface area contributed by atoms with E-state index in [-0.39, 0.29) is 17.0 Å². The van der Waals surface area contributed by atoms with E-state index in [1.54, 1.807) is 23.5 Å². The average molecular weight is 657 g/mol. The minimum atomic E-state index is -0.154. The molecule has 3 aromatic carbocycles. The predicted molar refractivity (Wildman–Crippen MR) is 200 cm³/mol. The van der Waals surface area contributed by atoms with Gasteiger partial charge in [-0.1, -0.05) is 85.6 Å². The predicted octanol–water partition coefficient (Wildman–Crippen LogP) is 10.3. The molecule has 1 aromatic heterocycles. The number of allylic oxidation sites excluding steroid dienone is 7. The third-order valence-electron chi connectivity index (χ3n) is 9.45. The SMILES string of the molecule is Cc1ccc(N(C2=CC=C3c4sc(/C=C/C5=CC(=C(C#N)C#N)C=C(c6ccccc6)O5)cc4C(C)(C)C3N2C)c2ccc(C)cc2)cc1. The number of likely N-dealkylation sites (N-methyl/N-ethyl adjacent to an activating group) is 1. The number of rotatable bonds is 6. The molecule has 1 atom stereocenters. The smallest absolute Gasteiger partial charge is 0.137 e. The number of hydrogen-bond donors (Lipinski definition) is 0. The van der Waals surface area contributed by atoms with Crippen molar-refractivity contribution < 1.29 is 4.74 Å². The van der Waals surface area contributed by atoms with E-state index in [1.165, 1.54) is 27.1 Å². The Morgan fingerprint density at radius 1 is 0.857 bits per heavy atom. The zero-order valence-corrected chi connectivity index (χ0v) is 29.0. The van der Waals surface area contributed by atoms with E-state index in [2.05, 4.69) is 117 Å². The van der Waals surface area contributed by atoms with Gasteiger partial charge in [-0.05, 0) is 85.7 Å². The second-order valence-electron chi connectivity index (χ2n) is 13.2. The van der Waals surface area contributed by atoms with Crippen LogP contribution in [0.5, 0.6) is 0 Å². The summed E-state index contributed by atoms with van der Waals surface area (Å²) in [7, 11) is 2.21. The molecule has 0 radical (unpaired) electrons. The highest BCUT2D eigenvalue weighted by Crippen LogP contribution is 2.54. The summed E-state index contributed by atoms with van der Waals surface area (Å²) in [5, 5.41) is 19.2. The van der Waals surface area contributed by atoms with Crippen LogP contribution in [0.25, 0.3) is 17.4 Å². The Morgan fingerprint density at radius 3 is 2.10 bits per heavy atom. The van der Waals surface area contributed by atoms with E-state index in [0.717, 1.165) is 27.6 Å². The molecule has 1 aliphatic carbocycles. The minimum Gasteiger partial charge on any atom is -0.457 e. The monoisotopic (exact) mass is 656 g/mol. The van der Waals surface area contributed by atoms with Crippen LogP contribution in [0.4, 0.5) is 11.4 Å². The summed E-state index contributed by atoms with van der Waals surface area (Å²) in [6.45, 7) is 8.92. The Balaban J connectivity index is 1.23. The van der Waals surface area contributed by atoms with Crippen molar-refractivity contribution in [2.24, 2.45) is 0 Å². The van der Waals surface area contributed by atoms with Crippen molar-refractivity contribution in [2.45, 2.75) is 39.2 Å². The molecular formula is C43H36N4OS. The normalized spacial score (nSPS) is 17.5. The number of ether oxygens (including phenoxy) is 1. The molecule has 5 nitrogen and oxygen atoms in total. The maximum atomic E-state index is 9.58. The number of nitrogens with zero attached hydrogens (tertiary/aromatic N) is 4. The number of benzene rings is 3. The van der Waals surface area contributed by atoms with Crippen LogP contribution in [0.2, 0.25) is 0 Å². The van der Waals surface area contributed by atoms with Gasteiger partial charge in [0.25, 0.3) is 0 Å². The van der Waals surface area contributed by atoms with E-state index in [0.29, 0.717) is 17.1 Å². The lowest BCUT2D eigenvalue weighted by molar-refractivity contribution is 0.265. The first-order valence-electron chi connectivity index (χ1n) is 16.3. The highest BCUT2D eigenvalue weighted by Gasteiger charge is 2.48. The third kappa shape index (κ3) is 5.82. The fraction of sp³-hybridized carbons (Fsp3) is 0.163. The van der Waals surface area contributed by atoms with Gasteiger partial charge in [-0.25, -0.2) is 0 Å². The largest absolute Gasteiger partial charge is 0.457 e. The molecule has 0 saturated carbocycles. The Hall–Kier alpha value is -5.82. The van der Waals surface area contributed by atoms with E-state index < -0.39 is 0 Å². The maximum absolute atomic E-state index is 9.58. The molecule has 0 bridgehead atoms. The van der Waals surface area contributed by atoms with Crippen molar-refractivity contribution in [3.8, 4) is 12.1 Å². The van der Waals surface area contributed by atoms with Crippen LogP contribution < -0.4 is 4.90 Å². The standard InChI is InChI=1S/C43H36N4OS/c1-28-11-15-33(16-12-28)47(34-17-13-29(2)14-18-34)40-22-21-37-41-38(43(3,4)42(37)46(40)5)25-36(49-41)20-19-35-23-31(32(26-44)27-45)24-39(48-35)30-9-7-6-8-10-30/h6-25,42H,1-5H3/b20-19+. The highest BCUT2D eigenvalue weighted by molar-refractivity contribution is 7.14. The first-order chi connectivity index (χ1) is 23.7. The fourth-order valence-corrected chi connectivity index (χ4v) is 8.24. The number of nitriles is 2. The molecule has 0 fully saturated rings. The maximum Gasteiger partial charge on any atom is 0.137 e. The summed E-state index contributed by atoms with van der Waals surface area (Å²) in [5.74, 6) is 2.30. The molecule has 4 aromatic rings. The Kier molecular flexibility index (Phi) is 8.20. The van der Waals surface area contributed by atoms with Gasteiger partial charge >= 0.3 is 0 Å². The van der Waals surface area contributed by atoms with Crippen molar-refractivity contribution in [1.82, 2.24) is 4.90 Å². The van der Waals surface area contributed by atoms with Crippen LogP contribution in [-0.2, 0) is 10.2 Å². The van der Waals surface area contributed by atoms with Crippen LogP contribution in [0.1, 0.15) is 45.9 Å². The molecule has 2 aliphatic heterocycles. The second-order valence-corrected chi connectivity index (χ2v) is 14.3. The Bertz CT molecular complexity index is 2150. The first-order valence-corrected chi connectivity index (χ1v) is 17.1. The highest BCUT2D eigenvalue weighted by atomic mass is 32.1. The van der Waals surface area contributed by atoms with Gasteiger partial charge in [0.05, 0.1) is 6.04 Å². The van der Waals surface area contributed by atoms with Crippen molar-refractivity contribution in [1.29, 1.82) is 10.5 Å². The zero-order chi connectivity index (χ0) is 34.3. The van der Waals surface area contributed by atoms with Crippen molar-refractivity contribution in [2.75, 3.05) is 11.9 Å².